The molecule has 1 aliphatic heterocycles. The highest BCUT2D eigenvalue weighted by Crippen LogP contribution is 2.40. The molecule has 0 atom stereocenters. The molecule has 4 heteroatoms. The van der Waals surface area contributed by atoms with Gasteiger partial charge in [0.1, 0.15) is 6.61 Å². The van der Waals surface area contributed by atoms with E-state index in [0.717, 1.165) is 0 Å². The van der Waals surface area contributed by atoms with Crippen LogP contribution < -0.4 is 0 Å². The predicted molar refractivity (Wildman–Crippen MR) is 32.8 cm³/mol. The number of rotatable bonds is 0. The van der Waals surface area contributed by atoms with Gasteiger partial charge in [0.05, 0.1) is 18.1 Å². The van der Waals surface area contributed by atoms with Gasteiger partial charge in [-0.15, -0.1) is 0 Å². The van der Waals surface area contributed by atoms with Crippen molar-refractivity contribution in [2.75, 3.05) is 18.1 Å². The van der Waals surface area contributed by atoms with E-state index in [0.29, 0.717) is 18.1 Å². The molecule has 2 N–H and O–H groups in total. The molecule has 0 aromatic carbocycles. The molecular formula is C4H9O3S. The van der Waals surface area contributed by atoms with Gasteiger partial charge in [-0.25, -0.2) is 0 Å². The zero-order chi connectivity index (χ0) is 6.04. The molecule has 8 heavy (non-hydrogen) atoms. The van der Waals surface area contributed by atoms with Gasteiger partial charge in [0.15, 0.2) is 0 Å². The molecule has 0 unspecified atom stereocenters. The lowest BCUT2D eigenvalue weighted by molar-refractivity contribution is 0.209. The van der Waals surface area contributed by atoms with Crippen molar-refractivity contribution >= 4 is 10.6 Å². The average molecular weight is 137 g/mol. The second-order valence-electron chi connectivity index (χ2n) is 1.71. The quantitative estimate of drug-likeness (QED) is 0.522. The van der Waals surface area contributed by atoms with Crippen molar-refractivity contribution in [3.05, 3.63) is 6.61 Å². The molecule has 1 heterocycles. The van der Waals surface area contributed by atoms with Crippen molar-refractivity contribution in [3.8, 4) is 0 Å². The van der Waals surface area contributed by atoms with Gasteiger partial charge in [-0.05, 0) is 0 Å². The molecule has 1 rings (SSSR count). The minimum Gasteiger partial charge on any atom is -0.372 e. The van der Waals surface area contributed by atoms with Crippen LogP contribution in [0.5, 0.6) is 0 Å². The summed E-state index contributed by atoms with van der Waals surface area (Å²) >= 11 is 0. The van der Waals surface area contributed by atoms with Crippen LogP contribution in [0.4, 0.5) is 0 Å². The van der Waals surface area contributed by atoms with Gasteiger partial charge in [0.2, 0.25) is 0 Å². The Morgan fingerprint density at radius 2 is 2.25 bits per heavy atom. The lowest BCUT2D eigenvalue weighted by Gasteiger charge is -2.34. The van der Waals surface area contributed by atoms with Gasteiger partial charge in [-0.3, -0.25) is 9.11 Å². The smallest absolute Gasteiger partial charge is 0.103 e. The summed E-state index contributed by atoms with van der Waals surface area (Å²) < 4.78 is 22.6. The molecule has 1 radical (unpaired) electrons. The van der Waals surface area contributed by atoms with E-state index in [2.05, 4.69) is 0 Å². The SMILES string of the molecule is OS1(O)C[CH]OCC1. The van der Waals surface area contributed by atoms with Crippen LogP contribution in [0.2, 0.25) is 0 Å². The molecule has 1 saturated heterocycles. The minimum atomic E-state index is -2.26. The second kappa shape index (κ2) is 2.23. The van der Waals surface area contributed by atoms with E-state index >= 15 is 0 Å². The molecule has 0 aliphatic carbocycles. The lowest BCUT2D eigenvalue weighted by Crippen LogP contribution is -2.18. The molecular weight excluding hydrogens is 128 g/mol. The van der Waals surface area contributed by atoms with Crippen LogP contribution in [0.1, 0.15) is 0 Å². The Labute approximate surface area is 50.0 Å². The third-order valence-corrected chi connectivity index (χ3v) is 2.47. The Morgan fingerprint density at radius 3 is 2.50 bits per heavy atom. The molecule has 1 fully saturated rings. The summed E-state index contributed by atoms with van der Waals surface area (Å²) in [7, 11) is -2.26. The van der Waals surface area contributed by atoms with Crippen molar-refractivity contribution in [2.24, 2.45) is 0 Å². The summed E-state index contributed by atoms with van der Waals surface area (Å²) in [5, 5.41) is 0. The second-order valence-corrected chi connectivity index (χ2v) is 4.06. The van der Waals surface area contributed by atoms with Crippen LogP contribution in [-0.4, -0.2) is 27.2 Å². The van der Waals surface area contributed by atoms with Gasteiger partial charge in [-0.1, -0.05) is 0 Å². The van der Waals surface area contributed by atoms with Crippen molar-refractivity contribution in [1.29, 1.82) is 0 Å². The summed E-state index contributed by atoms with van der Waals surface area (Å²) in [6, 6.07) is 0. The van der Waals surface area contributed by atoms with E-state index in [9.17, 15) is 0 Å². The first-order chi connectivity index (χ1) is 3.71. The van der Waals surface area contributed by atoms with E-state index in [1.54, 1.807) is 0 Å². The van der Waals surface area contributed by atoms with Crippen molar-refractivity contribution in [3.63, 3.8) is 0 Å². The summed E-state index contributed by atoms with van der Waals surface area (Å²) in [6.45, 7) is 1.90. The largest absolute Gasteiger partial charge is 0.372 e. The first-order valence-electron chi connectivity index (χ1n) is 2.38. The molecule has 0 spiro atoms. The molecule has 3 nitrogen and oxygen atoms in total. The van der Waals surface area contributed by atoms with Crippen LogP contribution >= 0.6 is 10.6 Å². The Kier molecular flexibility index (Phi) is 1.77. The van der Waals surface area contributed by atoms with E-state index in [1.165, 1.54) is 6.61 Å². The predicted octanol–water partition coefficient (Wildman–Crippen LogP) is 0.929. The van der Waals surface area contributed by atoms with Gasteiger partial charge < -0.3 is 4.74 Å². The fraction of sp³-hybridized carbons (Fsp3) is 0.750. The van der Waals surface area contributed by atoms with Crippen LogP contribution in [-0.2, 0) is 4.74 Å². The van der Waals surface area contributed by atoms with Gasteiger partial charge in [0, 0.05) is 0 Å². The summed E-state index contributed by atoms with van der Waals surface area (Å²) in [6.07, 6.45) is 0. The van der Waals surface area contributed by atoms with E-state index < -0.39 is 10.6 Å². The summed E-state index contributed by atoms with van der Waals surface area (Å²) in [5.74, 6) is 0.691. The monoisotopic (exact) mass is 137 g/mol. The number of hydrogen-bond donors (Lipinski definition) is 2. The third-order valence-electron chi connectivity index (χ3n) is 0.981. The topological polar surface area (TPSA) is 49.7 Å². The van der Waals surface area contributed by atoms with Crippen molar-refractivity contribution in [1.82, 2.24) is 0 Å². The molecule has 49 valence electrons. The molecule has 0 aromatic rings. The highest BCUT2D eigenvalue weighted by Gasteiger charge is 2.16. The lowest BCUT2D eigenvalue weighted by atomic mass is 10.8. The van der Waals surface area contributed by atoms with Gasteiger partial charge >= 0.3 is 0 Å². The van der Waals surface area contributed by atoms with E-state index in [1.807, 2.05) is 0 Å². The van der Waals surface area contributed by atoms with Crippen LogP contribution in [0, 0.1) is 6.61 Å². The minimum absolute atomic E-state index is 0.299. The van der Waals surface area contributed by atoms with Gasteiger partial charge in [-0.2, -0.15) is 10.6 Å². The summed E-state index contributed by atoms with van der Waals surface area (Å²) in [5.41, 5.74) is 0. The van der Waals surface area contributed by atoms with Crippen LogP contribution in [0.15, 0.2) is 0 Å². The number of ether oxygens (including phenoxy) is 1. The zero-order valence-corrected chi connectivity index (χ0v) is 5.23. The normalized spacial score (nSPS) is 31.8. The third kappa shape index (κ3) is 1.63. The fourth-order valence-electron chi connectivity index (χ4n) is 0.505. The molecule has 0 amide bonds. The molecule has 0 aromatic heterocycles. The summed E-state index contributed by atoms with van der Waals surface area (Å²) in [4.78, 5) is 0. The van der Waals surface area contributed by atoms with Gasteiger partial charge in [0.25, 0.3) is 0 Å². The maximum Gasteiger partial charge on any atom is 0.103 e. The Hall–Kier alpha value is 0.230. The van der Waals surface area contributed by atoms with E-state index in [4.69, 9.17) is 13.8 Å². The first kappa shape index (κ1) is 6.35. The van der Waals surface area contributed by atoms with Crippen LogP contribution in [0.25, 0.3) is 0 Å². The number of hydrogen-bond acceptors (Lipinski definition) is 3. The molecule has 0 saturated carbocycles. The average Bonchev–Trinajstić information content (AvgIpc) is 1.65. The standard InChI is InChI=1S/C4H9O3S/c5-8(6)3-1-7-2-4-8/h1,5-6H,2-4H2. The highest BCUT2D eigenvalue weighted by atomic mass is 32.3. The first-order valence-corrected chi connectivity index (χ1v) is 4.26. The maximum absolute atomic E-state index is 8.90. The Morgan fingerprint density at radius 1 is 1.50 bits per heavy atom. The van der Waals surface area contributed by atoms with E-state index in [-0.39, 0.29) is 0 Å². The Bertz CT molecular complexity index is 75.4. The Balaban J connectivity index is 2.33. The zero-order valence-electron chi connectivity index (χ0n) is 4.41. The van der Waals surface area contributed by atoms with Crippen LogP contribution in [0.3, 0.4) is 0 Å². The maximum atomic E-state index is 8.90. The van der Waals surface area contributed by atoms with Crippen molar-refractivity contribution < 1.29 is 13.8 Å². The van der Waals surface area contributed by atoms with Crippen molar-refractivity contribution in [2.45, 2.75) is 0 Å². The fourth-order valence-corrected chi connectivity index (χ4v) is 1.35. The molecule has 1 aliphatic rings. The highest BCUT2D eigenvalue weighted by molar-refractivity contribution is 8.24. The molecule has 0 bridgehead atoms.